The molecule has 0 saturated carbocycles. The van der Waals surface area contributed by atoms with E-state index in [1.165, 1.54) is 19.1 Å². The van der Waals surface area contributed by atoms with Gasteiger partial charge in [-0.05, 0) is 52.5 Å². The Morgan fingerprint density at radius 1 is 1.20 bits per heavy atom. The predicted octanol–water partition coefficient (Wildman–Crippen LogP) is 2.99. The normalized spacial score (nSPS) is 37.1. The monoisotopic (exact) mass is 491 g/mol. The second-order valence-corrected chi connectivity index (χ2v) is 10.8. The first-order chi connectivity index (χ1) is 16.4. The summed E-state index contributed by atoms with van der Waals surface area (Å²) in [7, 11) is 0. The zero-order valence-corrected chi connectivity index (χ0v) is 21.8. The number of epoxide rings is 1. The molecule has 0 aromatic carbocycles. The molecule has 8 heteroatoms. The molecule has 1 amide bonds. The molecule has 3 saturated heterocycles. The van der Waals surface area contributed by atoms with Gasteiger partial charge in [0.25, 0.3) is 0 Å². The molecule has 0 aliphatic carbocycles. The summed E-state index contributed by atoms with van der Waals surface area (Å²) in [5.74, 6) is -0.336. The zero-order valence-electron chi connectivity index (χ0n) is 21.8. The van der Waals surface area contributed by atoms with E-state index in [0.29, 0.717) is 13.0 Å². The van der Waals surface area contributed by atoms with Crippen LogP contribution < -0.4 is 5.32 Å². The average molecular weight is 492 g/mol. The van der Waals surface area contributed by atoms with Gasteiger partial charge in [0.05, 0.1) is 30.5 Å². The molecule has 35 heavy (non-hydrogen) atoms. The van der Waals surface area contributed by atoms with Crippen LogP contribution in [0.1, 0.15) is 60.8 Å². The molecular formula is C27H41NO7. The number of ether oxygens (including phenoxy) is 4. The minimum Gasteiger partial charge on any atom is -0.462 e. The van der Waals surface area contributed by atoms with Crippen molar-refractivity contribution in [1.82, 2.24) is 5.32 Å². The number of allylic oxidation sites excluding steroid dienone is 2. The SMILES string of the molecule is CC(=O)OC/C=C\C(=O)NC1C[C@H](C)[C@H](C/C=C(C)/C=C/[C@H]2OC(C)(C)C[C@@]3(CO3)C2O)O[C@@H]1C. The van der Waals surface area contributed by atoms with Crippen molar-refractivity contribution in [2.24, 2.45) is 5.92 Å². The van der Waals surface area contributed by atoms with Crippen LogP contribution in [-0.2, 0) is 28.5 Å². The Morgan fingerprint density at radius 3 is 2.57 bits per heavy atom. The van der Waals surface area contributed by atoms with Gasteiger partial charge in [-0.3, -0.25) is 9.59 Å². The van der Waals surface area contributed by atoms with E-state index in [9.17, 15) is 14.7 Å². The van der Waals surface area contributed by atoms with Crippen LogP contribution in [0, 0.1) is 5.92 Å². The Labute approximate surface area is 208 Å². The summed E-state index contributed by atoms with van der Waals surface area (Å²) in [4.78, 5) is 22.9. The van der Waals surface area contributed by atoms with Gasteiger partial charge in [-0.2, -0.15) is 0 Å². The molecule has 196 valence electrons. The first kappa shape index (κ1) is 27.6. The van der Waals surface area contributed by atoms with Crippen LogP contribution >= 0.6 is 0 Å². The lowest BCUT2D eigenvalue weighted by atomic mass is 9.83. The average Bonchev–Trinajstić information content (AvgIpc) is 3.53. The van der Waals surface area contributed by atoms with Crippen molar-refractivity contribution in [3.63, 3.8) is 0 Å². The number of aliphatic hydroxyl groups is 1. The maximum absolute atomic E-state index is 12.2. The molecule has 3 rings (SSSR count). The standard InChI is InChI=1S/C27H41NO7/c1-17(10-12-23-25(31)27(16-33-27)15-26(5,6)35-23)9-11-22-18(2)14-21(19(3)34-22)28-24(30)8-7-13-32-20(4)29/h7-10,12,18-19,21-23,25,31H,11,13-16H2,1-6H3,(H,28,30)/b8-7-,12-10+,17-9+/t18-,19+,21?,22-,23+,25?,27+/m0/s1. The third-order valence-electron chi connectivity index (χ3n) is 6.96. The van der Waals surface area contributed by atoms with Gasteiger partial charge in [-0.25, -0.2) is 0 Å². The van der Waals surface area contributed by atoms with E-state index < -0.39 is 17.8 Å². The smallest absolute Gasteiger partial charge is 0.302 e. The minimum absolute atomic E-state index is 0.0552. The van der Waals surface area contributed by atoms with Gasteiger partial charge < -0.3 is 29.4 Å². The van der Waals surface area contributed by atoms with E-state index in [-0.39, 0.29) is 48.3 Å². The minimum atomic E-state index is -0.661. The Hall–Kier alpha value is -2.00. The van der Waals surface area contributed by atoms with Crippen molar-refractivity contribution in [3.05, 3.63) is 36.0 Å². The highest BCUT2D eigenvalue weighted by Crippen LogP contribution is 2.46. The van der Waals surface area contributed by atoms with Gasteiger partial charge in [0.15, 0.2) is 0 Å². The second-order valence-electron chi connectivity index (χ2n) is 10.8. The molecule has 0 aromatic heterocycles. The summed E-state index contributed by atoms with van der Waals surface area (Å²) < 4.78 is 22.7. The van der Waals surface area contributed by atoms with Crippen molar-refractivity contribution < 1.29 is 33.6 Å². The molecule has 2 N–H and O–H groups in total. The van der Waals surface area contributed by atoms with Crippen LogP contribution in [0.3, 0.4) is 0 Å². The molecule has 1 spiro atoms. The maximum atomic E-state index is 12.2. The Morgan fingerprint density at radius 2 is 1.91 bits per heavy atom. The van der Waals surface area contributed by atoms with Crippen molar-refractivity contribution in [2.75, 3.05) is 13.2 Å². The van der Waals surface area contributed by atoms with Crippen molar-refractivity contribution in [3.8, 4) is 0 Å². The maximum Gasteiger partial charge on any atom is 0.302 e. The third-order valence-corrected chi connectivity index (χ3v) is 6.96. The second kappa shape index (κ2) is 11.4. The topological polar surface area (TPSA) is 107 Å². The quantitative estimate of drug-likeness (QED) is 0.233. The highest BCUT2D eigenvalue weighted by molar-refractivity contribution is 5.87. The van der Waals surface area contributed by atoms with Crippen LogP contribution in [0.15, 0.2) is 36.0 Å². The number of esters is 1. The van der Waals surface area contributed by atoms with Gasteiger partial charge in [0.2, 0.25) is 5.91 Å². The fourth-order valence-corrected chi connectivity index (χ4v) is 4.99. The number of hydrogen-bond acceptors (Lipinski definition) is 7. The summed E-state index contributed by atoms with van der Waals surface area (Å²) >= 11 is 0. The summed E-state index contributed by atoms with van der Waals surface area (Å²) in [6, 6.07) is -0.0812. The largest absolute Gasteiger partial charge is 0.462 e. The lowest BCUT2D eigenvalue weighted by molar-refractivity contribution is -0.171. The Kier molecular flexibility index (Phi) is 8.96. The number of aliphatic hydroxyl groups excluding tert-OH is 1. The summed E-state index contributed by atoms with van der Waals surface area (Å²) in [5, 5.41) is 13.7. The van der Waals surface area contributed by atoms with E-state index in [0.717, 1.165) is 18.4 Å². The van der Waals surface area contributed by atoms with E-state index in [1.54, 1.807) is 0 Å². The first-order valence-electron chi connectivity index (χ1n) is 12.5. The molecule has 7 atom stereocenters. The number of carbonyl (C=O) groups excluding carboxylic acids is 2. The summed E-state index contributed by atoms with van der Waals surface area (Å²) in [5.41, 5.74) is 0.278. The molecule has 3 fully saturated rings. The molecule has 0 aromatic rings. The van der Waals surface area contributed by atoms with Crippen molar-refractivity contribution >= 4 is 11.9 Å². The van der Waals surface area contributed by atoms with Gasteiger partial charge in [-0.1, -0.05) is 30.7 Å². The predicted molar refractivity (Wildman–Crippen MR) is 132 cm³/mol. The summed E-state index contributed by atoms with van der Waals surface area (Å²) in [6.45, 7) is 12.2. The first-order valence-corrected chi connectivity index (χ1v) is 12.5. The lowest BCUT2D eigenvalue weighted by Crippen LogP contribution is -2.53. The molecule has 0 radical (unpaired) electrons. The molecule has 0 bridgehead atoms. The van der Waals surface area contributed by atoms with Gasteiger partial charge in [-0.15, -0.1) is 0 Å². The Bertz CT molecular complexity index is 858. The summed E-state index contributed by atoms with van der Waals surface area (Å²) in [6.07, 6.45) is 10.1. The molecule has 3 aliphatic rings. The van der Waals surface area contributed by atoms with E-state index in [4.69, 9.17) is 18.9 Å². The lowest BCUT2D eigenvalue weighted by Gasteiger charge is -2.41. The highest BCUT2D eigenvalue weighted by Gasteiger charge is 2.60. The van der Waals surface area contributed by atoms with E-state index >= 15 is 0 Å². The van der Waals surface area contributed by atoms with Crippen LogP contribution in [0.25, 0.3) is 0 Å². The van der Waals surface area contributed by atoms with Crippen LogP contribution in [-0.4, -0.2) is 71.9 Å². The number of amides is 1. The molecule has 8 nitrogen and oxygen atoms in total. The Balaban J connectivity index is 1.48. The fraction of sp³-hybridized carbons (Fsp3) is 0.704. The van der Waals surface area contributed by atoms with Crippen LogP contribution in [0.2, 0.25) is 0 Å². The van der Waals surface area contributed by atoms with E-state index in [2.05, 4.69) is 18.3 Å². The number of hydrogen-bond donors (Lipinski definition) is 2. The fourth-order valence-electron chi connectivity index (χ4n) is 4.99. The number of nitrogens with one attached hydrogen (secondary N) is 1. The van der Waals surface area contributed by atoms with Gasteiger partial charge >= 0.3 is 5.97 Å². The number of rotatable bonds is 8. The van der Waals surface area contributed by atoms with Crippen molar-refractivity contribution in [2.45, 2.75) is 102 Å². The zero-order chi connectivity index (χ0) is 25.8. The van der Waals surface area contributed by atoms with Crippen molar-refractivity contribution in [1.29, 1.82) is 0 Å². The van der Waals surface area contributed by atoms with E-state index in [1.807, 2.05) is 39.8 Å². The van der Waals surface area contributed by atoms with Crippen LogP contribution in [0.5, 0.6) is 0 Å². The van der Waals surface area contributed by atoms with Crippen LogP contribution in [0.4, 0.5) is 0 Å². The molecule has 2 unspecified atom stereocenters. The molecule has 3 aliphatic heterocycles. The molecular weight excluding hydrogens is 450 g/mol. The molecule has 3 heterocycles. The highest BCUT2D eigenvalue weighted by atomic mass is 16.6. The number of carbonyl (C=O) groups is 2. The van der Waals surface area contributed by atoms with Gasteiger partial charge in [0.1, 0.15) is 24.4 Å². The van der Waals surface area contributed by atoms with Gasteiger partial charge in [0, 0.05) is 19.4 Å². The third kappa shape index (κ3) is 7.74.